The Balaban J connectivity index is 2.34. The van der Waals surface area contributed by atoms with Crippen molar-refractivity contribution in [3.63, 3.8) is 0 Å². The topological polar surface area (TPSA) is 72.9 Å². The SMILES string of the molecule is Cc1nn(C)c(C)c1C(C)Nc1cccc(C(N)=O)c1C. The predicted octanol–water partition coefficient (Wildman–Crippen LogP) is 2.62. The first kappa shape index (κ1) is 15.1. The van der Waals surface area contributed by atoms with Crippen molar-refractivity contribution in [3.05, 3.63) is 46.3 Å². The van der Waals surface area contributed by atoms with Gasteiger partial charge in [-0.2, -0.15) is 5.10 Å². The number of nitrogens with zero attached hydrogens (tertiary/aromatic N) is 2. The van der Waals surface area contributed by atoms with E-state index in [1.54, 1.807) is 6.07 Å². The van der Waals surface area contributed by atoms with E-state index in [9.17, 15) is 4.79 Å². The number of carbonyl (C=O) groups is 1. The Morgan fingerprint density at radius 1 is 1.33 bits per heavy atom. The summed E-state index contributed by atoms with van der Waals surface area (Å²) in [7, 11) is 1.94. The van der Waals surface area contributed by atoms with Crippen LogP contribution in [0.15, 0.2) is 18.2 Å². The zero-order chi connectivity index (χ0) is 15.7. The number of rotatable bonds is 4. The highest BCUT2D eigenvalue weighted by molar-refractivity contribution is 5.95. The molecule has 1 unspecified atom stereocenters. The molecule has 0 aliphatic carbocycles. The number of primary amides is 1. The van der Waals surface area contributed by atoms with E-state index < -0.39 is 5.91 Å². The van der Waals surface area contributed by atoms with Crippen LogP contribution in [0, 0.1) is 20.8 Å². The fourth-order valence-corrected chi connectivity index (χ4v) is 2.78. The Bertz CT molecular complexity index is 688. The number of hydrogen-bond acceptors (Lipinski definition) is 3. The van der Waals surface area contributed by atoms with Crippen molar-refractivity contribution >= 4 is 11.6 Å². The van der Waals surface area contributed by atoms with E-state index in [1.165, 1.54) is 5.56 Å². The van der Waals surface area contributed by atoms with Gasteiger partial charge in [0, 0.05) is 29.6 Å². The van der Waals surface area contributed by atoms with Crippen molar-refractivity contribution in [2.45, 2.75) is 33.7 Å². The monoisotopic (exact) mass is 286 g/mol. The first-order chi connectivity index (χ1) is 9.82. The molecule has 3 N–H and O–H groups in total. The summed E-state index contributed by atoms with van der Waals surface area (Å²) in [5.41, 5.74) is 11.1. The van der Waals surface area contributed by atoms with Crippen molar-refractivity contribution in [1.82, 2.24) is 9.78 Å². The number of benzene rings is 1. The molecule has 0 radical (unpaired) electrons. The Labute approximate surface area is 125 Å². The Hall–Kier alpha value is -2.30. The first-order valence-corrected chi connectivity index (χ1v) is 6.99. The van der Waals surface area contributed by atoms with Crippen LogP contribution in [0.3, 0.4) is 0 Å². The van der Waals surface area contributed by atoms with Crippen LogP contribution in [0.4, 0.5) is 5.69 Å². The predicted molar refractivity (Wildman–Crippen MR) is 84.4 cm³/mol. The van der Waals surface area contributed by atoms with Crippen LogP contribution in [-0.2, 0) is 7.05 Å². The molecule has 21 heavy (non-hydrogen) atoms. The third kappa shape index (κ3) is 2.77. The van der Waals surface area contributed by atoms with Gasteiger partial charge in [-0.25, -0.2) is 0 Å². The van der Waals surface area contributed by atoms with Gasteiger partial charge in [0.15, 0.2) is 0 Å². The van der Waals surface area contributed by atoms with E-state index in [-0.39, 0.29) is 6.04 Å². The number of aromatic nitrogens is 2. The van der Waals surface area contributed by atoms with Gasteiger partial charge in [-0.3, -0.25) is 9.48 Å². The third-order valence-electron chi connectivity index (χ3n) is 3.97. The first-order valence-electron chi connectivity index (χ1n) is 6.99. The zero-order valence-electron chi connectivity index (χ0n) is 13.2. The number of amides is 1. The summed E-state index contributed by atoms with van der Waals surface area (Å²) in [5, 5.41) is 7.90. The van der Waals surface area contributed by atoms with E-state index in [0.29, 0.717) is 5.56 Å². The third-order valence-corrected chi connectivity index (χ3v) is 3.97. The Morgan fingerprint density at radius 3 is 2.52 bits per heavy atom. The minimum atomic E-state index is -0.405. The van der Waals surface area contributed by atoms with Gasteiger partial charge in [0.25, 0.3) is 0 Å². The fraction of sp³-hybridized carbons (Fsp3) is 0.375. The van der Waals surface area contributed by atoms with Crippen molar-refractivity contribution in [1.29, 1.82) is 0 Å². The molecule has 2 aromatic rings. The molecule has 1 amide bonds. The second-order valence-corrected chi connectivity index (χ2v) is 5.42. The van der Waals surface area contributed by atoms with Gasteiger partial charge < -0.3 is 11.1 Å². The summed E-state index contributed by atoms with van der Waals surface area (Å²) in [6.07, 6.45) is 0. The number of nitrogens with two attached hydrogens (primary N) is 1. The molecule has 0 bridgehead atoms. The molecule has 5 heteroatoms. The van der Waals surface area contributed by atoms with Crippen LogP contribution < -0.4 is 11.1 Å². The molecule has 0 fully saturated rings. The van der Waals surface area contributed by atoms with Gasteiger partial charge in [-0.1, -0.05) is 6.07 Å². The highest BCUT2D eigenvalue weighted by atomic mass is 16.1. The molecule has 1 aromatic heterocycles. The van der Waals surface area contributed by atoms with E-state index in [2.05, 4.69) is 24.3 Å². The molecule has 0 saturated heterocycles. The maximum absolute atomic E-state index is 11.4. The van der Waals surface area contributed by atoms with Crippen LogP contribution in [-0.4, -0.2) is 15.7 Å². The quantitative estimate of drug-likeness (QED) is 0.907. The van der Waals surface area contributed by atoms with Crippen molar-refractivity contribution in [2.24, 2.45) is 12.8 Å². The average molecular weight is 286 g/mol. The van der Waals surface area contributed by atoms with E-state index in [1.807, 2.05) is 37.7 Å². The molecule has 0 aliphatic rings. The maximum Gasteiger partial charge on any atom is 0.249 e. The maximum atomic E-state index is 11.4. The highest BCUT2D eigenvalue weighted by Gasteiger charge is 2.17. The van der Waals surface area contributed by atoms with E-state index >= 15 is 0 Å². The number of carbonyl (C=O) groups excluding carboxylic acids is 1. The molecule has 1 atom stereocenters. The molecule has 0 saturated carbocycles. The van der Waals surface area contributed by atoms with Crippen LogP contribution >= 0.6 is 0 Å². The molecule has 2 rings (SSSR count). The lowest BCUT2D eigenvalue weighted by molar-refractivity contribution is 0.1000. The minimum Gasteiger partial charge on any atom is -0.378 e. The zero-order valence-corrected chi connectivity index (χ0v) is 13.2. The minimum absolute atomic E-state index is 0.0977. The summed E-state index contributed by atoms with van der Waals surface area (Å²) >= 11 is 0. The molecule has 5 nitrogen and oxygen atoms in total. The smallest absolute Gasteiger partial charge is 0.249 e. The lowest BCUT2D eigenvalue weighted by Gasteiger charge is -2.19. The number of anilines is 1. The summed E-state index contributed by atoms with van der Waals surface area (Å²) in [5.74, 6) is -0.405. The fourth-order valence-electron chi connectivity index (χ4n) is 2.78. The lowest BCUT2D eigenvalue weighted by Crippen LogP contribution is -2.15. The Morgan fingerprint density at radius 2 is 2.00 bits per heavy atom. The molecule has 0 spiro atoms. The molecule has 1 aromatic carbocycles. The van der Waals surface area contributed by atoms with Crippen LogP contribution in [0.5, 0.6) is 0 Å². The number of aryl methyl sites for hydroxylation is 2. The van der Waals surface area contributed by atoms with Gasteiger partial charge in [0.05, 0.1) is 11.7 Å². The summed E-state index contributed by atoms with van der Waals surface area (Å²) in [4.78, 5) is 11.4. The van der Waals surface area contributed by atoms with Crippen LogP contribution in [0.2, 0.25) is 0 Å². The van der Waals surface area contributed by atoms with Crippen LogP contribution in [0.25, 0.3) is 0 Å². The summed E-state index contributed by atoms with van der Waals surface area (Å²) in [6.45, 7) is 8.05. The van der Waals surface area contributed by atoms with Crippen molar-refractivity contribution in [2.75, 3.05) is 5.32 Å². The largest absolute Gasteiger partial charge is 0.378 e. The standard InChI is InChI=1S/C16H22N4O/c1-9-13(16(17)21)7-6-8-14(9)18-10(2)15-11(3)19-20(5)12(15)4/h6-8,10,18H,1-5H3,(H2,17,21). The second kappa shape index (κ2) is 5.60. The van der Waals surface area contributed by atoms with Gasteiger partial charge >= 0.3 is 0 Å². The van der Waals surface area contributed by atoms with E-state index in [4.69, 9.17) is 5.73 Å². The molecule has 112 valence electrons. The van der Waals surface area contributed by atoms with Crippen molar-refractivity contribution < 1.29 is 4.79 Å². The normalized spacial score (nSPS) is 12.2. The molecule has 0 aliphatic heterocycles. The van der Waals surface area contributed by atoms with E-state index in [0.717, 1.165) is 22.6 Å². The van der Waals surface area contributed by atoms with Crippen LogP contribution in [0.1, 0.15) is 45.8 Å². The summed E-state index contributed by atoms with van der Waals surface area (Å²) in [6, 6.07) is 5.64. The molecule has 1 heterocycles. The van der Waals surface area contributed by atoms with Gasteiger partial charge in [0.2, 0.25) is 5.91 Å². The number of hydrogen-bond donors (Lipinski definition) is 2. The van der Waals surface area contributed by atoms with Crippen molar-refractivity contribution in [3.8, 4) is 0 Å². The van der Waals surface area contributed by atoms with Gasteiger partial charge in [0.1, 0.15) is 0 Å². The Kier molecular flexibility index (Phi) is 4.02. The molecular weight excluding hydrogens is 264 g/mol. The highest BCUT2D eigenvalue weighted by Crippen LogP contribution is 2.27. The second-order valence-electron chi connectivity index (χ2n) is 5.42. The van der Waals surface area contributed by atoms with Gasteiger partial charge in [-0.05, 0) is 45.4 Å². The number of nitrogens with one attached hydrogen (secondary N) is 1. The summed E-state index contributed by atoms with van der Waals surface area (Å²) < 4.78 is 1.88. The van der Waals surface area contributed by atoms with Gasteiger partial charge in [-0.15, -0.1) is 0 Å². The lowest BCUT2D eigenvalue weighted by atomic mass is 10.0. The molecular formula is C16H22N4O. The average Bonchev–Trinajstić information content (AvgIpc) is 2.65.